The molecule has 2 saturated heterocycles. The molecule has 0 bridgehead atoms. The standard InChI is InChI=1S/C21H21F4N7O2/c22-15-8-13(10-26)11-27-19(15)31-6-4-30(5-7-31)18(33)12-32-3-1-2-17(32)16-9-14(21(23,24)25)20(34)29-28-16/h8-9,11,17H,1-7,12H2,(H,29,34). The van der Waals surface area contributed by atoms with E-state index in [1.807, 2.05) is 11.2 Å². The minimum absolute atomic E-state index is 0.00367. The van der Waals surface area contributed by atoms with Gasteiger partial charge in [0.1, 0.15) is 11.6 Å². The third kappa shape index (κ3) is 4.86. The molecule has 1 N–H and O–H groups in total. The molecule has 2 aliphatic heterocycles. The highest BCUT2D eigenvalue weighted by atomic mass is 19.4. The van der Waals surface area contributed by atoms with Crippen LogP contribution in [-0.2, 0) is 11.0 Å². The zero-order valence-corrected chi connectivity index (χ0v) is 18.0. The van der Waals surface area contributed by atoms with E-state index >= 15 is 0 Å². The molecule has 9 nitrogen and oxygen atoms in total. The van der Waals surface area contributed by atoms with Crippen molar-refractivity contribution in [1.82, 2.24) is 25.0 Å². The number of likely N-dealkylation sites (tertiary alicyclic amines) is 1. The molecular weight excluding hydrogens is 458 g/mol. The van der Waals surface area contributed by atoms with Crippen LogP contribution in [0.1, 0.15) is 35.7 Å². The number of halogens is 4. The molecule has 180 valence electrons. The SMILES string of the molecule is N#Cc1cnc(N2CCN(C(=O)CN3CCCC3c3cc(C(F)(F)F)c(=O)[nH]n3)CC2)c(F)c1. The summed E-state index contributed by atoms with van der Waals surface area (Å²) in [5.74, 6) is -0.680. The van der Waals surface area contributed by atoms with Crippen molar-refractivity contribution in [3.8, 4) is 6.07 Å². The van der Waals surface area contributed by atoms with Gasteiger partial charge in [0.05, 0.1) is 23.8 Å². The molecule has 2 aliphatic rings. The molecule has 1 atom stereocenters. The van der Waals surface area contributed by atoms with Gasteiger partial charge in [-0.25, -0.2) is 14.5 Å². The summed E-state index contributed by atoms with van der Waals surface area (Å²) in [6.45, 7) is 1.86. The van der Waals surface area contributed by atoms with Crippen molar-refractivity contribution in [1.29, 1.82) is 5.26 Å². The normalized spacial score (nSPS) is 19.3. The number of nitrogens with zero attached hydrogens (tertiary/aromatic N) is 6. The summed E-state index contributed by atoms with van der Waals surface area (Å²) >= 11 is 0. The number of anilines is 1. The maximum absolute atomic E-state index is 14.2. The van der Waals surface area contributed by atoms with Crippen LogP contribution in [0, 0.1) is 17.1 Å². The molecule has 1 amide bonds. The average molecular weight is 479 g/mol. The zero-order chi connectivity index (χ0) is 24.5. The molecule has 4 rings (SSSR count). The fourth-order valence-corrected chi connectivity index (χ4v) is 4.32. The second kappa shape index (κ2) is 9.38. The summed E-state index contributed by atoms with van der Waals surface area (Å²) in [4.78, 5) is 33.5. The lowest BCUT2D eigenvalue weighted by Crippen LogP contribution is -2.51. The number of carbonyl (C=O) groups is 1. The van der Waals surface area contributed by atoms with E-state index < -0.39 is 29.2 Å². The molecule has 2 aromatic rings. The van der Waals surface area contributed by atoms with Crippen molar-refractivity contribution in [3.63, 3.8) is 0 Å². The number of rotatable bonds is 4. The Balaban J connectivity index is 1.39. The number of alkyl halides is 3. The van der Waals surface area contributed by atoms with Gasteiger partial charge in [0.25, 0.3) is 5.56 Å². The molecule has 1 unspecified atom stereocenters. The van der Waals surface area contributed by atoms with Crippen molar-refractivity contribution in [3.05, 3.63) is 51.3 Å². The minimum Gasteiger partial charge on any atom is -0.351 e. The van der Waals surface area contributed by atoms with Crippen molar-refractivity contribution < 1.29 is 22.4 Å². The van der Waals surface area contributed by atoms with Crippen LogP contribution in [0.2, 0.25) is 0 Å². The second-order valence-electron chi connectivity index (χ2n) is 8.17. The fourth-order valence-electron chi connectivity index (χ4n) is 4.32. The first-order valence-corrected chi connectivity index (χ1v) is 10.7. The predicted molar refractivity (Wildman–Crippen MR) is 111 cm³/mol. The molecule has 0 aromatic carbocycles. The molecule has 2 aromatic heterocycles. The summed E-state index contributed by atoms with van der Waals surface area (Å²) in [7, 11) is 0. The average Bonchev–Trinajstić information content (AvgIpc) is 3.26. The van der Waals surface area contributed by atoms with Crippen LogP contribution in [0.25, 0.3) is 0 Å². The van der Waals surface area contributed by atoms with Gasteiger partial charge < -0.3 is 9.80 Å². The molecule has 0 radical (unpaired) electrons. The van der Waals surface area contributed by atoms with Crippen molar-refractivity contribution in [2.45, 2.75) is 25.1 Å². The predicted octanol–water partition coefficient (Wildman–Crippen LogP) is 1.68. The van der Waals surface area contributed by atoms with E-state index in [1.165, 1.54) is 6.20 Å². The van der Waals surface area contributed by atoms with Gasteiger partial charge in [-0.15, -0.1) is 0 Å². The van der Waals surface area contributed by atoms with Crippen LogP contribution in [0.15, 0.2) is 23.1 Å². The van der Waals surface area contributed by atoms with Crippen LogP contribution in [0.4, 0.5) is 23.4 Å². The molecular formula is C21H21F4N7O2. The lowest BCUT2D eigenvalue weighted by Gasteiger charge is -2.36. The van der Waals surface area contributed by atoms with Gasteiger partial charge in [-0.05, 0) is 31.5 Å². The van der Waals surface area contributed by atoms with Crippen LogP contribution < -0.4 is 10.5 Å². The lowest BCUT2D eigenvalue weighted by molar-refractivity contribution is -0.139. The number of carbonyl (C=O) groups excluding carboxylic acids is 1. The summed E-state index contributed by atoms with van der Waals surface area (Å²) in [6.07, 6.45) is -2.31. The van der Waals surface area contributed by atoms with E-state index in [-0.39, 0.29) is 29.5 Å². The number of aromatic nitrogens is 3. The Morgan fingerprint density at radius 1 is 1.21 bits per heavy atom. The van der Waals surface area contributed by atoms with Crippen molar-refractivity contribution in [2.75, 3.05) is 44.2 Å². The first-order chi connectivity index (χ1) is 16.2. The first-order valence-electron chi connectivity index (χ1n) is 10.7. The molecule has 0 aliphatic carbocycles. The highest BCUT2D eigenvalue weighted by Crippen LogP contribution is 2.33. The van der Waals surface area contributed by atoms with Crippen molar-refractivity contribution in [2.24, 2.45) is 0 Å². The highest BCUT2D eigenvalue weighted by Gasteiger charge is 2.37. The third-order valence-corrected chi connectivity index (χ3v) is 6.05. The molecule has 13 heteroatoms. The van der Waals surface area contributed by atoms with Gasteiger partial charge in [0.2, 0.25) is 5.91 Å². The van der Waals surface area contributed by atoms with Gasteiger partial charge in [0, 0.05) is 32.4 Å². The Hall–Kier alpha value is -3.53. The fraction of sp³-hybridized carbons (Fsp3) is 0.476. The largest absolute Gasteiger partial charge is 0.421 e. The maximum Gasteiger partial charge on any atom is 0.421 e. The molecule has 0 spiro atoms. The van der Waals surface area contributed by atoms with Crippen LogP contribution in [-0.4, -0.2) is 70.2 Å². The Bertz CT molecular complexity index is 1170. The van der Waals surface area contributed by atoms with Gasteiger partial charge in [-0.2, -0.15) is 23.5 Å². The van der Waals surface area contributed by atoms with E-state index in [0.717, 1.165) is 12.1 Å². The minimum atomic E-state index is -4.80. The number of piperazine rings is 1. The Labute approximate surface area is 191 Å². The van der Waals surface area contributed by atoms with Crippen LogP contribution in [0.5, 0.6) is 0 Å². The van der Waals surface area contributed by atoms with Gasteiger partial charge in [0.15, 0.2) is 11.6 Å². The molecule has 4 heterocycles. The summed E-state index contributed by atoms with van der Waals surface area (Å²) in [5.41, 5.74) is -2.42. The number of hydrogen-bond donors (Lipinski definition) is 1. The quantitative estimate of drug-likeness (QED) is 0.665. The summed E-state index contributed by atoms with van der Waals surface area (Å²) in [6, 6.07) is 3.18. The van der Waals surface area contributed by atoms with E-state index in [9.17, 15) is 27.2 Å². The Morgan fingerprint density at radius 2 is 1.94 bits per heavy atom. The number of nitrogens with one attached hydrogen (secondary N) is 1. The number of pyridine rings is 1. The Kier molecular flexibility index (Phi) is 6.52. The van der Waals surface area contributed by atoms with E-state index in [2.05, 4.69) is 10.1 Å². The number of H-pyrrole nitrogens is 1. The topological polar surface area (TPSA) is 109 Å². The van der Waals surface area contributed by atoms with Crippen LogP contribution in [0.3, 0.4) is 0 Å². The number of amides is 1. The second-order valence-corrected chi connectivity index (χ2v) is 8.17. The number of aromatic amines is 1. The van der Waals surface area contributed by atoms with Crippen LogP contribution >= 0.6 is 0 Å². The third-order valence-electron chi connectivity index (χ3n) is 6.05. The van der Waals surface area contributed by atoms with Gasteiger partial charge in [-0.3, -0.25) is 14.5 Å². The number of nitriles is 1. The smallest absolute Gasteiger partial charge is 0.351 e. The molecule has 34 heavy (non-hydrogen) atoms. The van der Waals surface area contributed by atoms with E-state index in [4.69, 9.17) is 5.26 Å². The Morgan fingerprint density at radius 3 is 2.59 bits per heavy atom. The summed E-state index contributed by atoms with van der Waals surface area (Å²) < 4.78 is 53.6. The lowest BCUT2D eigenvalue weighted by atomic mass is 10.1. The maximum atomic E-state index is 14.2. The van der Waals surface area contributed by atoms with Gasteiger partial charge in [-0.1, -0.05) is 0 Å². The van der Waals surface area contributed by atoms with Crippen molar-refractivity contribution >= 4 is 11.7 Å². The zero-order valence-electron chi connectivity index (χ0n) is 18.0. The number of hydrogen-bond acceptors (Lipinski definition) is 7. The van der Waals surface area contributed by atoms with E-state index in [1.54, 1.807) is 14.7 Å². The van der Waals surface area contributed by atoms with Gasteiger partial charge >= 0.3 is 6.18 Å². The highest BCUT2D eigenvalue weighted by molar-refractivity contribution is 5.78. The monoisotopic (exact) mass is 479 g/mol. The summed E-state index contributed by atoms with van der Waals surface area (Å²) in [5, 5.41) is 14.6. The first kappa shape index (κ1) is 23.6. The molecule has 2 fully saturated rings. The van der Waals surface area contributed by atoms with E-state index in [0.29, 0.717) is 45.6 Å². The molecule has 0 saturated carbocycles.